The molecule has 3 aliphatic rings. The topological polar surface area (TPSA) is 167 Å². The zero-order chi connectivity index (χ0) is 42.4. The number of allylic oxidation sites excluding steroid dienone is 3. The van der Waals surface area contributed by atoms with Gasteiger partial charge in [-0.3, -0.25) is 34.8 Å². The zero-order valence-electron chi connectivity index (χ0n) is 33.0. The van der Waals surface area contributed by atoms with Gasteiger partial charge < -0.3 is 26.0 Å². The van der Waals surface area contributed by atoms with Crippen LogP contribution in [0, 0.1) is 23.6 Å². The van der Waals surface area contributed by atoms with E-state index in [4.69, 9.17) is 4.74 Å². The molecule has 12 nitrogen and oxygen atoms in total. The van der Waals surface area contributed by atoms with Crippen molar-refractivity contribution in [1.29, 1.82) is 0 Å². The van der Waals surface area contributed by atoms with Crippen molar-refractivity contribution in [3.8, 4) is 5.75 Å². The van der Waals surface area contributed by atoms with Crippen LogP contribution in [0.1, 0.15) is 75.7 Å². The minimum absolute atomic E-state index is 0.0670. The van der Waals surface area contributed by atoms with Gasteiger partial charge in [-0.1, -0.05) is 83.0 Å². The predicted molar refractivity (Wildman–Crippen MR) is 207 cm³/mol. The second-order valence-corrected chi connectivity index (χ2v) is 15.1. The molecule has 7 atom stereocenters. The lowest BCUT2D eigenvalue weighted by molar-refractivity contribution is -0.139. The minimum Gasteiger partial charge on any atom is -0.497 e. The smallest absolute Gasteiger partial charge is 0.414 e. The molecule has 0 radical (unpaired) electrons. The number of ether oxygens (including phenoxy) is 1. The number of methoxy groups -OCH3 is 1. The Morgan fingerprint density at radius 3 is 2.28 bits per heavy atom. The molecule has 16 heteroatoms. The van der Waals surface area contributed by atoms with Crippen LogP contribution in [-0.4, -0.2) is 66.5 Å². The third kappa shape index (κ3) is 9.71. The molecule has 0 saturated heterocycles. The highest BCUT2D eigenvalue weighted by Gasteiger charge is 2.53. The fraction of sp³-hybridized carbons (Fsp3) is 0.452. The standard InChI is InChI=1S/C42H50F4N6O6/c1-6-23(3)34(48-33(53)21-25-12-8-9-17-31(25)43)38(55)50-41(19-18-32-29(22-41)28-15-11-16-30(36(28)47-32)42(44,45)46)40(57)49-35(24(4)7-2)39(56)52-51-37(54)26-13-10-14-27(20-26)58-5/h8-17,20,23-24,28,34-36,47H,6-7,18-19,21-22H2,1-5H3,(H,48,53)(H,49,57)(H,50,55)(H,51,54)(H,52,56)/t23?,24?,28?,34-,35-,36?,41+/m0/s1. The number of fused-ring (bicyclic) bond motifs is 2. The first-order valence-electron chi connectivity index (χ1n) is 19.4. The zero-order valence-corrected chi connectivity index (χ0v) is 33.0. The Kier molecular flexibility index (Phi) is 13.7. The average Bonchev–Trinajstić information content (AvgIpc) is 3.58. The number of benzene rings is 2. The molecule has 5 rings (SSSR count). The van der Waals surface area contributed by atoms with Gasteiger partial charge in [-0.2, -0.15) is 13.2 Å². The summed E-state index contributed by atoms with van der Waals surface area (Å²) in [6.07, 6.45) is -0.381. The second-order valence-electron chi connectivity index (χ2n) is 15.1. The minimum atomic E-state index is -4.62. The molecular weight excluding hydrogens is 760 g/mol. The summed E-state index contributed by atoms with van der Waals surface area (Å²) >= 11 is 0. The van der Waals surface area contributed by atoms with Crippen LogP contribution in [0.5, 0.6) is 5.75 Å². The molecule has 6 N–H and O–H groups in total. The molecular formula is C42H50F4N6O6. The Bertz CT molecular complexity index is 2000. The van der Waals surface area contributed by atoms with Crippen molar-refractivity contribution < 1.29 is 46.3 Å². The molecule has 5 amide bonds. The van der Waals surface area contributed by atoms with Crippen LogP contribution in [0.15, 0.2) is 83.6 Å². The first-order valence-corrected chi connectivity index (χ1v) is 19.4. The quantitative estimate of drug-likeness (QED) is 0.117. The Balaban J connectivity index is 1.43. The third-order valence-electron chi connectivity index (χ3n) is 11.4. The molecule has 0 fully saturated rings. The number of carbonyl (C=O) groups excluding carboxylic acids is 5. The van der Waals surface area contributed by atoms with E-state index in [0.29, 0.717) is 29.9 Å². The molecule has 0 aromatic heterocycles. The fourth-order valence-corrected chi connectivity index (χ4v) is 7.56. The molecule has 0 spiro atoms. The summed E-state index contributed by atoms with van der Waals surface area (Å²) in [5.74, 6) is -5.47. The van der Waals surface area contributed by atoms with Crippen LogP contribution in [0.3, 0.4) is 0 Å². The first kappa shape index (κ1) is 43.5. The van der Waals surface area contributed by atoms with Crippen molar-refractivity contribution in [2.24, 2.45) is 17.8 Å². The molecule has 2 aromatic carbocycles. The number of hydrogen-bond acceptors (Lipinski definition) is 7. The molecule has 2 aliphatic carbocycles. The second kappa shape index (κ2) is 18.3. The van der Waals surface area contributed by atoms with E-state index in [0.717, 1.165) is 6.08 Å². The summed E-state index contributed by atoms with van der Waals surface area (Å²) in [5, 5.41) is 11.4. The highest BCUT2D eigenvalue weighted by atomic mass is 19.4. The number of carbonyl (C=O) groups is 5. The van der Waals surface area contributed by atoms with E-state index >= 15 is 0 Å². The van der Waals surface area contributed by atoms with Crippen molar-refractivity contribution >= 4 is 29.5 Å². The summed E-state index contributed by atoms with van der Waals surface area (Å²) in [7, 11) is 1.44. The third-order valence-corrected chi connectivity index (χ3v) is 11.4. The maximum Gasteiger partial charge on any atom is 0.414 e. The van der Waals surface area contributed by atoms with Gasteiger partial charge in [-0.25, -0.2) is 4.39 Å². The maximum atomic E-state index is 14.8. The van der Waals surface area contributed by atoms with Crippen LogP contribution in [-0.2, 0) is 25.6 Å². The highest BCUT2D eigenvalue weighted by Crippen LogP contribution is 2.47. The van der Waals surface area contributed by atoms with E-state index in [1.807, 2.05) is 6.92 Å². The van der Waals surface area contributed by atoms with Crippen LogP contribution in [0.2, 0.25) is 0 Å². The fourth-order valence-electron chi connectivity index (χ4n) is 7.56. The van der Waals surface area contributed by atoms with E-state index < -0.39 is 88.5 Å². The molecule has 312 valence electrons. The molecule has 0 bridgehead atoms. The summed E-state index contributed by atoms with van der Waals surface area (Å²) in [6, 6.07) is 8.42. The summed E-state index contributed by atoms with van der Waals surface area (Å²) in [6.45, 7) is 7.05. The van der Waals surface area contributed by atoms with Crippen molar-refractivity contribution in [2.75, 3.05) is 7.11 Å². The van der Waals surface area contributed by atoms with Gasteiger partial charge in [0, 0.05) is 23.6 Å². The molecule has 2 aromatic rings. The molecule has 0 saturated carbocycles. The lowest BCUT2D eigenvalue weighted by atomic mass is 9.74. The van der Waals surface area contributed by atoms with Gasteiger partial charge >= 0.3 is 6.18 Å². The average molecular weight is 811 g/mol. The normalized spacial score (nSPS) is 21.8. The molecule has 58 heavy (non-hydrogen) atoms. The van der Waals surface area contributed by atoms with E-state index in [-0.39, 0.29) is 36.8 Å². The van der Waals surface area contributed by atoms with E-state index in [1.165, 1.54) is 43.5 Å². The van der Waals surface area contributed by atoms with Crippen LogP contribution in [0.25, 0.3) is 0 Å². The predicted octanol–water partition coefficient (Wildman–Crippen LogP) is 4.84. The van der Waals surface area contributed by atoms with Gasteiger partial charge in [0.05, 0.1) is 25.1 Å². The molecule has 1 heterocycles. The van der Waals surface area contributed by atoms with Crippen molar-refractivity contribution in [3.63, 3.8) is 0 Å². The number of rotatable bonds is 14. The van der Waals surface area contributed by atoms with Crippen LogP contribution >= 0.6 is 0 Å². The van der Waals surface area contributed by atoms with Gasteiger partial charge in [0.25, 0.3) is 11.8 Å². The van der Waals surface area contributed by atoms with E-state index in [9.17, 15) is 41.5 Å². The SMILES string of the molecule is CCC(C)[C@H](NC(=O)Cc1ccccc1F)C(=O)N[C@]1(C(=O)N[C@H](C(=O)NNC(=O)c2cccc(OC)c2)C(C)CC)CCC2=C(C1)C1C=CC=C(C(F)(F)F)C1N2. The maximum absolute atomic E-state index is 14.8. The highest BCUT2D eigenvalue weighted by molar-refractivity contribution is 5.99. The number of amides is 5. The van der Waals surface area contributed by atoms with Crippen LogP contribution < -0.4 is 36.9 Å². The largest absolute Gasteiger partial charge is 0.497 e. The Labute approximate surface area is 334 Å². The molecule has 4 unspecified atom stereocenters. The molecule has 1 aliphatic heterocycles. The van der Waals surface area contributed by atoms with Gasteiger partial charge in [0.2, 0.25) is 17.7 Å². The number of nitrogens with one attached hydrogen (secondary N) is 6. The van der Waals surface area contributed by atoms with Gasteiger partial charge in [0.1, 0.15) is 29.2 Å². The van der Waals surface area contributed by atoms with Gasteiger partial charge in [0.15, 0.2) is 0 Å². The first-order chi connectivity index (χ1) is 27.5. The van der Waals surface area contributed by atoms with Crippen LogP contribution in [0.4, 0.5) is 17.6 Å². The van der Waals surface area contributed by atoms with Gasteiger partial charge in [-0.05, 0) is 60.1 Å². The van der Waals surface area contributed by atoms with E-state index in [1.54, 1.807) is 45.0 Å². The van der Waals surface area contributed by atoms with Crippen molar-refractivity contribution in [3.05, 3.63) is 101 Å². The Hall–Kier alpha value is -5.67. The Morgan fingerprint density at radius 2 is 1.62 bits per heavy atom. The number of hydrogen-bond donors (Lipinski definition) is 6. The summed E-state index contributed by atoms with van der Waals surface area (Å²) in [5.41, 5.74) is 3.51. The van der Waals surface area contributed by atoms with Crippen molar-refractivity contribution in [2.45, 2.75) is 96.1 Å². The van der Waals surface area contributed by atoms with Gasteiger partial charge in [-0.15, -0.1) is 0 Å². The number of alkyl halides is 3. The van der Waals surface area contributed by atoms with Crippen molar-refractivity contribution in [1.82, 2.24) is 32.1 Å². The summed E-state index contributed by atoms with van der Waals surface area (Å²) < 4.78 is 62.0. The number of halogens is 4. The summed E-state index contributed by atoms with van der Waals surface area (Å²) in [4.78, 5) is 69.0. The lowest BCUT2D eigenvalue weighted by Crippen LogP contribution is -2.66. The lowest BCUT2D eigenvalue weighted by Gasteiger charge is -2.40. The Morgan fingerprint density at radius 1 is 0.931 bits per heavy atom. The van der Waals surface area contributed by atoms with E-state index in [2.05, 4.69) is 32.1 Å². The monoisotopic (exact) mass is 810 g/mol. The number of hydrazine groups is 1.